The van der Waals surface area contributed by atoms with E-state index in [-0.39, 0.29) is 42.9 Å². The number of benzene rings is 2. The summed E-state index contributed by atoms with van der Waals surface area (Å²) in [6.07, 6.45) is 5.55. The number of aromatic nitrogens is 1. The Balaban J connectivity index is 1.95. The van der Waals surface area contributed by atoms with E-state index < -0.39 is 15.9 Å². The zero-order valence-corrected chi connectivity index (χ0v) is 21.0. The molecule has 0 aliphatic heterocycles. The first-order valence-electron chi connectivity index (χ1n) is 10.7. The van der Waals surface area contributed by atoms with Gasteiger partial charge in [-0.1, -0.05) is 17.3 Å². The SMILES string of the molecule is C#CCn1c(=NC(=O)c2ccc(S(=O)(=O)N(CCC#N)CCC#N)cc2)sc2cc(C)c(C)cc21. The Hall–Kier alpha value is -3.75. The summed E-state index contributed by atoms with van der Waals surface area (Å²) in [5, 5.41) is 17.7. The Morgan fingerprint density at radius 3 is 2.26 bits per heavy atom. The van der Waals surface area contributed by atoms with Crippen LogP contribution >= 0.6 is 11.3 Å². The summed E-state index contributed by atoms with van der Waals surface area (Å²) >= 11 is 1.36. The van der Waals surface area contributed by atoms with Gasteiger partial charge in [0.2, 0.25) is 10.0 Å². The molecule has 0 bridgehead atoms. The van der Waals surface area contributed by atoms with Gasteiger partial charge in [0.15, 0.2) is 4.80 Å². The van der Waals surface area contributed by atoms with E-state index in [2.05, 4.69) is 10.9 Å². The summed E-state index contributed by atoms with van der Waals surface area (Å²) in [6.45, 7) is 4.24. The molecule has 35 heavy (non-hydrogen) atoms. The van der Waals surface area contributed by atoms with Gasteiger partial charge in [-0.3, -0.25) is 4.79 Å². The summed E-state index contributed by atoms with van der Waals surface area (Å²) in [4.78, 5) is 17.6. The first-order chi connectivity index (χ1) is 16.7. The number of carbonyl (C=O) groups excluding carboxylic acids is 1. The highest BCUT2D eigenvalue weighted by Gasteiger charge is 2.24. The number of terminal acetylenes is 1. The normalized spacial score (nSPS) is 11.8. The minimum Gasteiger partial charge on any atom is -0.305 e. The maximum absolute atomic E-state index is 13.0. The largest absolute Gasteiger partial charge is 0.305 e. The topological polar surface area (TPSA) is 119 Å². The molecule has 178 valence electrons. The number of amides is 1. The zero-order chi connectivity index (χ0) is 25.6. The minimum atomic E-state index is -3.92. The van der Waals surface area contributed by atoms with E-state index in [4.69, 9.17) is 16.9 Å². The number of aryl methyl sites for hydroxylation is 2. The van der Waals surface area contributed by atoms with Crippen LogP contribution in [0.2, 0.25) is 0 Å². The maximum atomic E-state index is 13.0. The van der Waals surface area contributed by atoms with Crippen molar-refractivity contribution in [1.82, 2.24) is 8.87 Å². The molecule has 0 radical (unpaired) electrons. The standard InChI is InChI=1S/C25H23N5O3S2/c1-4-13-30-22-16-18(2)19(3)17-23(22)34-25(30)28-24(31)20-7-9-21(10-8-20)35(32,33)29(14-5-11-26)15-6-12-27/h1,7-10,16-17H,5-6,13-15H2,2-3H3. The van der Waals surface area contributed by atoms with Crippen LogP contribution in [0.5, 0.6) is 0 Å². The van der Waals surface area contributed by atoms with Crippen LogP contribution in [0.4, 0.5) is 0 Å². The molecule has 0 saturated carbocycles. The lowest BCUT2D eigenvalue weighted by Gasteiger charge is -2.20. The van der Waals surface area contributed by atoms with Crippen LogP contribution in [0.1, 0.15) is 34.3 Å². The van der Waals surface area contributed by atoms with E-state index in [1.165, 1.54) is 35.6 Å². The first kappa shape index (κ1) is 25.9. The lowest BCUT2D eigenvalue weighted by Crippen LogP contribution is -2.32. The average Bonchev–Trinajstić information content (AvgIpc) is 3.15. The number of carbonyl (C=O) groups is 1. The monoisotopic (exact) mass is 505 g/mol. The van der Waals surface area contributed by atoms with Gasteiger partial charge in [0.1, 0.15) is 0 Å². The Kier molecular flexibility index (Phi) is 8.22. The van der Waals surface area contributed by atoms with Crippen LogP contribution in [0.15, 0.2) is 46.3 Å². The zero-order valence-electron chi connectivity index (χ0n) is 19.4. The Morgan fingerprint density at radius 1 is 1.09 bits per heavy atom. The van der Waals surface area contributed by atoms with E-state index in [0.717, 1.165) is 25.6 Å². The second-order valence-electron chi connectivity index (χ2n) is 7.74. The number of sulfonamides is 1. The van der Waals surface area contributed by atoms with E-state index in [9.17, 15) is 13.2 Å². The molecule has 8 nitrogen and oxygen atoms in total. The molecule has 0 saturated heterocycles. The lowest BCUT2D eigenvalue weighted by atomic mass is 10.1. The fourth-order valence-electron chi connectivity index (χ4n) is 3.42. The van der Waals surface area contributed by atoms with E-state index in [1.54, 1.807) is 0 Å². The maximum Gasteiger partial charge on any atom is 0.279 e. The van der Waals surface area contributed by atoms with Gasteiger partial charge in [-0.05, 0) is 61.4 Å². The van der Waals surface area contributed by atoms with Crippen molar-refractivity contribution >= 4 is 37.5 Å². The van der Waals surface area contributed by atoms with Gasteiger partial charge in [-0.2, -0.15) is 19.8 Å². The first-order valence-corrected chi connectivity index (χ1v) is 13.0. The smallest absolute Gasteiger partial charge is 0.279 e. The number of rotatable bonds is 8. The van der Waals surface area contributed by atoms with Crippen molar-refractivity contribution in [2.24, 2.45) is 4.99 Å². The van der Waals surface area contributed by atoms with Crippen LogP contribution in [0, 0.1) is 48.9 Å². The quantitative estimate of drug-likeness (QED) is 0.434. The molecule has 0 spiro atoms. The van der Waals surface area contributed by atoms with Gasteiger partial charge >= 0.3 is 0 Å². The van der Waals surface area contributed by atoms with Crippen molar-refractivity contribution in [2.75, 3.05) is 13.1 Å². The Labute approximate surface area is 208 Å². The molecule has 1 heterocycles. The second kappa shape index (κ2) is 11.1. The highest BCUT2D eigenvalue weighted by atomic mass is 32.2. The van der Waals surface area contributed by atoms with Crippen molar-refractivity contribution in [3.8, 4) is 24.5 Å². The van der Waals surface area contributed by atoms with Crippen LogP contribution < -0.4 is 4.80 Å². The Morgan fingerprint density at radius 2 is 1.69 bits per heavy atom. The predicted molar refractivity (Wildman–Crippen MR) is 134 cm³/mol. The van der Waals surface area contributed by atoms with Crippen molar-refractivity contribution in [2.45, 2.75) is 38.1 Å². The highest BCUT2D eigenvalue weighted by Crippen LogP contribution is 2.22. The summed E-state index contributed by atoms with van der Waals surface area (Å²) in [5.41, 5.74) is 3.36. The van der Waals surface area contributed by atoms with Gasteiger partial charge in [-0.25, -0.2) is 8.42 Å². The Bertz CT molecular complexity index is 1540. The molecule has 10 heteroatoms. The second-order valence-corrected chi connectivity index (χ2v) is 10.7. The number of thiazole rings is 1. The van der Waals surface area contributed by atoms with Crippen LogP contribution in [0.3, 0.4) is 0 Å². The molecule has 2 aromatic carbocycles. The predicted octanol–water partition coefficient (Wildman–Crippen LogP) is 3.51. The third kappa shape index (κ3) is 5.67. The molecule has 0 atom stereocenters. The lowest BCUT2D eigenvalue weighted by molar-refractivity contribution is 0.0998. The number of nitriles is 2. The molecule has 0 fully saturated rings. The van der Waals surface area contributed by atoms with Gasteiger partial charge in [0, 0.05) is 31.5 Å². The summed E-state index contributed by atoms with van der Waals surface area (Å²) in [7, 11) is -3.92. The molecule has 0 aliphatic carbocycles. The van der Waals surface area contributed by atoms with Crippen LogP contribution in [0.25, 0.3) is 10.2 Å². The van der Waals surface area contributed by atoms with Gasteiger partial charge in [0.05, 0.1) is 33.8 Å². The molecule has 0 unspecified atom stereocenters. The van der Waals surface area contributed by atoms with Gasteiger partial charge in [0.25, 0.3) is 5.91 Å². The van der Waals surface area contributed by atoms with Crippen molar-refractivity contribution in [1.29, 1.82) is 10.5 Å². The highest BCUT2D eigenvalue weighted by molar-refractivity contribution is 7.89. The number of fused-ring (bicyclic) bond motifs is 1. The molecule has 3 aromatic rings. The van der Waals surface area contributed by atoms with Crippen molar-refractivity contribution in [3.05, 3.63) is 57.9 Å². The summed E-state index contributed by atoms with van der Waals surface area (Å²) in [6, 6.07) is 13.4. The average molecular weight is 506 g/mol. The molecule has 0 N–H and O–H groups in total. The summed E-state index contributed by atoms with van der Waals surface area (Å²) < 4.78 is 29.8. The molecule has 1 amide bonds. The number of hydrogen-bond donors (Lipinski definition) is 0. The third-order valence-electron chi connectivity index (χ3n) is 5.43. The molecule has 0 aliphatic rings. The van der Waals surface area contributed by atoms with Gasteiger partial charge in [-0.15, -0.1) is 6.42 Å². The molecule has 3 rings (SSSR count). The van der Waals surface area contributed by atoms with Crippen molar-refractivity contribution in [3.63, 3.8) is 0 Å². The van der Waals surface area contributed by atoms with Gasteiger partial charge < -0.3 is 4.57 Å². The third-order valence-corrected chi connectivity index (χ3v) is 8.38. The van der Waals surface area contributed by atoms with Crippen LogP contribution in [-0.4, -0.2) is 36.3 Å². The molecular weight excluding hydrogens is 482 g/mol. The van der Waals surface area contributed by atoms with Crippen molar-refractivity contribution < 1.29 is 13.2 Å². The molecular formula is C25H23N5O3S2. The molecule has 1 aromatic heterocycles. The fourth-order valence-corrected chi connectivity index (χ4v) is 5.97. The summed E-state index contributed by atoms with van der Waals surface area (Å²) in [5.74, 6) is 2.08. The van der Waals surface area contributed by atoms with E-state index in [0.29, 0.717) is 4.80 Å². The van der Waals surface area contributed by atoms with E-state index in [1.807, 2.05) is 42.7 Å². The fraction of sp³-hybridized carbons (Fsp3) is 0.280. The number of nitrogens with zero attached hydrogens (tertiary/aromatic N) is 5. The minimum absolute atomic E-state index is 0.00593. The number of hydrogen-bond acceptors (Lipinski definition) is 6. The van der Waals surface area contributed by atoms with Crippen LogP contribution in [-0.2, 0) is 16.6 Å². The van der Waals surface area contributed by atoms with E-state index >= 15 is 0 Å².